The van der Waals surface area contributed by atoms with Crippen LogP contribution in [0.4, 0.5) is 10.1 Å². The molecule has 0 bridgehead atoms. The van der Waals surface area contributed by atoms with E-state index in [4.69, 9.17) is 16.3 Å². The standard InChI is InChI=1S/C12H8ClFN2O3/c1-7-6-15-12(13)5-11(7)19-10-3-2-8(16(17)18)4-9(10)14/h2-6H,1H3. The van der Waals surface area contributed by atoms with Gasteiger partial charge >= 0.3 is 0 Å². The highest BCUT2D eigenvalue weighted by Crippen LogP contribution is 2.30. The van der Waals surface area contributed by atoms with Crippen LogP contribution in [0.15, 0.2) is 30.5 Å². The van der Waals surface area contributed by atoms with Gasteiger partial charge in [-0.1, -0.05) is 11.6 Å². The Morgan fingerprint density at radius 3 is 2.74 bits per heavy atom. The van der Waals surface area contributed by atoms with Crippen molar-refractivity contribution in [2.75, 3.05) is 0 Å². The summed E-state index contributed by atoms with van der Waals surface area (Å²) < 4.78 is 19.0. The van der Waals surface area contributed by atoms with Crippen LogP contribution in [0.3, 0.4) is 0 Å². The lowest BCUT2D eigenvalue weighted by Gasteiger charge is -2.09. The minimum absolute atomic E-state index is 0.115. The van der Waals surface area contributed by atoms with Crippen molar-refractivity contribution in [1.82, 2.24) is 4.98 Å². The molecule has 5 nitrogen and oxygen atoms in total. The number of benzene rings is 1. The first kappa shape index (κ1) is 13.2. The van der Waals surface area contributed by atoms with Crippen molar-refractivity contribution in [1.29, 1.82) is 0 Å². The van der Waals surface area contributed by atoms with E-state index in [1.54, 1.807) is 6.92 Å². The average molecular weight is 283 g/mol. The van der Waals surface area contributed by atoms with Crippen LogP contribution in [0.1, 0.15) is 5.56 Å². The number of nitro groups is 1. The molecule has 0 N–H and O–H groups in total. The zero-order valence-electron chi connectivity index (χ0n) is 9.76. The number of aromatic nitrogens is 1. The van der Waals surface area contributed by atoms with Gasteiger partial charge in [-0.3, -0.25) is 10.1 Å². The number of aryl methyl sites for hydroxylation is 1. The lowest BCUT2D eigenvalue weighted by atomic mass is 10.2. The molecule has 0 saturated carbocycles. The number of hydrogen-bond acceptors (Lipinski definition) is 4. The molecule has 0 unspecified atom stereocenters. The average Bonchev–Trinajstić information content (AvgIpc) is 2.36. The summed E-state index contributed by atoms with van der Waals surface area (Å²) in [5.74, 6) is -0.592. The Morgan fingerprint density at radius 2 is 2.11 bits per heavy atom. The number of pyridine rings is 1. The highest BCUT2D eigenvalue weighted by atomic mass is 35.5. The van der Waals surface area contributed by atoms with Gasteiger partial charge in [0.1, 0.15) is 10.9 Å². The molecule has 2 aromatic rings. The van der Waals surface area contributed by atoms with Crippen molar-refractivity contribution in [2.45, 2.75) is 6.92 Å². The number of non-ortho nitro benzene ring substituents is 1. The smallest absolute Gasteiger partial charge is 0.272 e. The monoisotopic (exact) mass is 282 g/mol. The maximum atomic E-state index is 13.7. The maximum absolute atomic E-state index is 13.7. The number of halogens is 2. The predicted molar refractivity (Wildman–Crippen MR) is 67.1 cm³/mol. The van der Waals surface area contributed by atoms with Gasteiger partial charge < -0.3 is 4.74 Å². The van der Waals surface area contributed by atoms with E-state index < -0.39 is 10.7 Å². The third kappa shape index (κ3) is 2.97. The first-order chi connectivity index (χ1) is 8.97. The van der Waals surface area contributed by atoms with Crippen molar-refractivity contribution in [3.05, 3.63) is 57.1 Å². The summed E-state index contributed by atoms with van der Waals surface area (Å²) in [6, 6.07) is 4.60. The SMILES string of the molecule is Cc1cnc(Cl)cc1Oc1ccc([N+](=O)[O-])cc1F. The van der Waals surface area contributed by atoms with Crippen LogP contribution in [0.5, 0.6) is 11.5 Å². The second kappa shape index (κ2) is 5.19. The molecule has 19 heavy (non-hydrogen) atoms. The quantitative estimate of drug-likeness (QED) is 0.487. The summed E-state index contributed by atoms with van der Waals surface area (Å²) in [6.45, 7) is 1.72. The molecule has 0 aliphatic heterocycles. The van der Waals surface area contributed by atoms with E-state index in [1.807, 2.05) is 0 Å². The van der Waals surface area contributed by atoms with Gasteiger partial charge in [-0.05, 0) is 13.0 Å². The van der Waals surface area contributed by atoms with Crippen molar-refractivity contribution in [3.8, 4) is 11.5 Å². The Morgan fingerprint density at radius 1 is 1.37 bits per heavy atom. The molecular formula is C12H8ClFN2O3. The van der Waals surface area contributed by atoms with Crippen molar-refractivity contribution < 1.29 is 14.1 Å². The topological polar surface area (TPSA) is 65.3 Å². The van der Waals surface area contributed by atoms with Crippen LogP contribution >= 0.6 is 11.6 Å². The lowest BCUT2D eigenvalue weighted by molar-refractivity contribution is -0.385. The normalized spacial score (nSPS) is 10.3. The number of rotatable bonds is 3. The third-order valence-corrected chi connectivity index (χ3v) is 2.57. The first-order valence-electron chi connectivity index (χ1n) is 5.21. The molecule has 2 rings (SSSR count). The van der Waals surface area contributed by atoms with E-state index in [1.165, 1.54) is 18.3 Å². The Bertz CT molecular complexity index is 649. The number of hydrogen-bond donors (Lipinski definition) is 0. The van der Waals surface area contributed by atoms with Gasteiger partial charge in [-0.15, -0.1) is 0 Å². The molecule has 0 atom stereocenters. The van der Waals surface area contributed by atoms with Gasteiger partial charge in [0.2, 0.25) is 0 Å². The summed E-state index contributed by atoms with van der Waals surface area (Å²) in [6.07, 6.45) is 1.49. The van der Waals surface area contributed by atoms with Gasteiger partial charge in [0.05, 0.1) is 11.0 Å². The van der Waals surface area contributed by atoms with Gasteiger partial charge in [0.15, 0.2) is 11.6 Å². The summed E-state index contributed by atoms with van der Waals surface area (Å²) in [7, 11) is 0. The van der Waals surface area contributed by atoms with Gasteiger partial charge in [0.25, 0.3) is 5.69 Å². The van der Waals surface area contributed by atoms with Gasteiger partial charge in [-0.2, -0.15) is 0 Å². The third-order valence-electron chi connectivity index (χ3n) is 2.37. The van der Waals surface area contributed by atoms with Crippen LogP contribution in [0.25, 0.3) is 0 Å². The molecule has 1 aromatic heterocycles. The fraction of sp³-hybridized carbons (Fsp3) is 0.0833. The molecule has 0 spiro atoms. The van der Waals surface area contributed by atoms with Crippen molar-refractivity contribution in [2.24, 2.45) is 0 Å². The summed E-state index contributed by atoms with van der Waals surface area (Å²) >= 11 is 5.72. The van der Waals surface area contributed by atoms with Gasteiger partial charge in [0, 0.05) is 23.9 Å². The Kier molecular flexibility index (Phi) is 3.62. The van der Waals surface area contributed by atoms with Crippen LogP contribution in [0, 0.1) is 22.9 Å². The molecule has 0 amide bonds. The zero-order valence-corrected chi connectivity index (χ0v) is 10.5. The van der Waals surface area contributed by atoms with Crippen molar-refractivity contribution >= 4 is 17.3 Å². The van der Waals surface area contributed by atoms with Crippen LogP contribution in [-0.2, 0) is 0 Å². The Labute approximate surface area is 112 Å². The molecule has 7 heteroatoms. The molecule has 1 aromatic carbocycles. The predicted octanol–water partition coefficient (Wildman–Crippen LogP) is 3.88. The molecular weight excluding hydrogens is 275 g/mol. The second-order valence-electron chi connectivity index (χ2n) is 3.75. The first-order valence-corrected chi connectivity index (χ1v) is 5.59. The van der Waals surface area contributed by atoms with Crippen molar-refractivity contribution in [3.63, 3.8) is 0 Å². The zero-order chi connectivity index (χ0) is 14.0. The molecule has 0 aliphatic rings. The summed E-state index contributed by atoms with van der Waals surface area (Å²) in [4.78, 5) is 13.7. The van der Waals surface area contributed by atoms with E-state index in [-0.39, 0.29) is 16.6 Å². The van der Waals surface area contributed by atoms with Crippen LogP contribution < -0.4 is 4.74 Å². The lowest BCUT2D eigenvalue weighted by Crippen LogP contribution is -1.94. The molecule has 98 valence electrons. The molecule has 1 heterocycles. The van der Waals surface area contributed by atoms with Crippen LogP contribution in [0.2, 0.25) is 5.15 Å². The van der Waals surface area contributed by atoms with Crippen LogP contribution in [-0.4, -0.2) is 9.91 Å². The fourth-order valence-corrected chi connectivity index (χ4v) is 1.54. The fourth-order valence-electron chi connectivity index (χ4n) is 1.40. The molecule has 0 fully saturated rings. The summed E-state index contributed by atoms with van der Waals surface area (Å²) in [5, 5.41) is 10.7. The largest absolute Gasteiger partial charge is 0.454 e. The van der Waals surface area contributed by atoms with E-state index in [0.29, 0.717) is 11.3 Å². The highest BCUT2D eigenvalue weighted by Gasteiger charge is 2.13. The van der Waals surface area contributed by atoms with E-state index in [0.717, 1.165) is 12.1 Å². The Hall–Kier alpha value is -2.21. The molecule has 0 radical (unpaired) electrons. The second-order valence-corrected chi connectivity index (χ2v) is 4.13. The Balaban J connectivity index is 2.33. The number of nitro benzene ring substituents is 1. The van der Waals surface area contributed by atoms with E-state index >= 15 is 0 Å². The minimum Gasteiger partial charge on any atom is -0.454 e. The molecule has 0 aliphatic carbocycles. The number of nitrogens with zero attached hydrogens (tertiary/aromatic N) is 2. The minimum atomic E-state index is -0.818. The van der Waals surface area contributed by atoms with E-state index in [2.05, 4.69) is 4.98 Å². The molecule has 0 saturated heterocycles. The number of ether oxygens (including phenoxy) is 1. The highest BCUT2D eigenvalue weighted by molar-refractivity contribution is 6.29. The maximum Gasteiger partial charge on any atom is 0.272 e. The summed E-state index contributed by atoms with van der Waals surface area (Å²) in [5.41, 5.74) is 0.330. The van der Waals surface area contributed by atoms with E-state index in [9.17, 15) is 14.5 Å². The van der Waals surface area contributed by atoms with Gasteiger partial charge in [-0.25, -0.2) is 9.37 Å².